The molecule has 19 atom stereocenters. The molecule has 3 N–H and O–H groups in total. The van der Waals surface area contributed by atoms with Crippen molar-refractivity contribution >= 4 is 23.5 Å². The molecule has 0 spiro atoms. The Morgan fingerprint density at radius 2 is 1.09 bits per heavy atom. The highest BCUT2D eigenvalue weighted by Gasteiger charge is 2.74. The summed E-state index contributed by atoms with van der Waals surface area (Å²) in [5, 5.41) is 30.5. The number of fused-ring (bicyclic) bond motifs is 14. The summed E-state index contributed by atoms with van der Waals surface area (Å²) in [6.07, 6.45) is 23.4. The summed E-state index contributed by atoms with van der Waals surface area (Å²) in [6.45, 7) is 34.2. The van der Waals surface area contributed by atoms with E-state index in [2.05, 4.69) is 82.4 Å². The Balaban J connectivity index is 0.000000170. The third kappa shape index (κ3) is 7.47. The van der Waals surface area contributed by atoms with Crippen LogP contribution in [0.3, 0.4) is 0 Å². The van der Waals surface area contributed by atoms with Crippen LogP contribution in [0.25, 0.3) is 0 Å². The van der Waals surface area contributed by atoms with Gasteiger partial charge >= 0.3 is 11.9 Å². The first-order valence-corrected chi connectivity index (χ1v) is 30.3. The molecule has 0 radical (unpaired) electrons. The van der Waals surface area contributed by atoms with Gasteiger partial charge in [0, 0.05) is 35.9 Å². The Morgan fingerprint density at radius 3 is 1.59 bits per heavy atom. The first-order valence-electron chi connectivity index (χ1n) is 30.3. The Hall–Kier alpha value is -2.36. The number of hydrogen-bond donors (Lipinski definition) is 3. The number of rotatable bonds is 8. The van der Waals surface area contributed by atoms with Crippen molar-refractivity contribution in [3.63, 3.8) is 0 Å². The quantitative estimate of drug-likeness (QED) is 0.160. The number of ether oxygens (including phenoxy) is 2. The van der Waals surface area contributed by atoms with E-state index in [1.54, 1.807) is 0 Å². The second kappa shape index (κ2) is 18.3. The highest BCUT2D eigenvalue weighted by atomic mass is 16.7. The predicted octanol–water partition coefficient (Wildman–Crippen LogP) is 14.1. The average Bonchev–Trinajstić information content (AvgIpc) is 3.95. The maximum absolute atomic E-state index is 13.1. The molecule has 10 saturated carbocycles. The second-order valence-electron chi connectivity index (χ2n) is 30.5. The van der Waals surface area contributed by atoms with E-state index in [9.17, 15) is 34.5 Å². The van der Waals surface area contributed by atoms with Crippen LogP contribution in [-0.2, 0) is 28.7 Å². The van der Waals surface area contributed by atoms with E-state index >= 15 is 0 Å². The van der Waals surface area contributed by atoms with E-state index < -0.39 is 17.4 Å². The van der Waals surface area contributed by atoms with Gasteiger partial charge in [-0.25, -0.2) is 4.79 Å². The van der Waals surface area contributed by atoms with Crippen molar-refractivity contribution < 1.29 is 44.0 Å². The van der Waals surface area contributed by atoms with Gasteiger partial charge in [-0.15, -0.1) is 0 Å². The van der Waals surface area contributed by atoms with Crippen molar-refractivity contribution in [3.8, 4) is 0 Å². The van der Waals surface area contributed by atoms with E-state index in [1.165, 1.54) is 51.4 Å². The Labute approximate surface area is 446 Å². The van der Waals surface area contributed by atoms with Gasteiger partial charge in [0.2, 0.25) is 0 Å². The Morgan fingerprint density at radius 1 is 0.568 bits per heavy atom. The van der Waals surface area contributed by atoms with Gasteiger partial charge in [-0.05, 0) is 237 Å². The molecule has 0 aromatic carbocycles. The molecule has 1 unspecified atom stereocenters. The van der Waals surface area contributed by atoms with Crippen molar-refractivity contribution in [2.75, 3.05) is 19.8 Å². The minimum atomic E-state index is -0.981. The summed E-state index contributed by atoms with van der Waals surface area (Å²) in [7, 11) is 0. The van der Waals surface area contributed by atoms with Gasteiger partial charge in [0.15, 0.2) is 6.29 Å². The fraction of sp³-hybridized carbons (Fsp3) is 0.877. The number of carbonyl (C=O) groups excluding carboxylic acids is 2. The molecule has 9 heteroatoms. The average molecular weight is 1030 g/mol. The number of ketones is 2. The van der Waals surface area contributed by atoms with Gasteiger partial charge in [-0.1, -0.05) is 82.4 Å². The van der Waals surface area contributed by atoms with E-state index in [-0.39, 0.29) is 85.0 Å². The number of hydrogen-bond acceptors (Lipinski definition) is 7. The number of carbonyl (C=O) groups is 4. The molecule has 9 nitrogen and oxygen atoms in total. The fourth-order valence-electron chi connectivity index (χ4n) is 23.8. The monoisotopic (exact) mass is 1020 g/mol. The summed E-state index contributed by atoms with van der Waals surface area (Å²) in [5.74, 6) is 2.61. The van der Waals surface area contributed by atoms with E-state index in [1.807, 2.05) is 0 Å². The summed E-state index contributed by atoms with van der Waals surface area (Å²) < 4.78 is 12.6. The highest BCUT2D eigenvalue weighted by Crippen LogP contribution is 2.79. The molecule has 0 amide bonds. The van der Waals surface area contributed by atoms with Crippen LogP contribution in [0.1, 0.15) is 217 Å². The van der Waals surface area contributed by atoms with Crippen LogP contribution < -0.4 is 0 Å². The summed E-state index contributed by atoms with van der Waals surface area (Å²) >= 11 is 0. The lowest BCUT2D eigenvalue weighted by atomic mass is 9.32. The molecule has 1 heterocycles. The van der Waals surface area contributed by atoms with Gasteiger partial charge in [0.05, 0.1) is 18.6 Å². The van der Waals surface area contributed by atoms with Crippen LogP contribution >= 0.6 is 0 Å². The first kappa shape index (κ1) is 55.0. The lowest BCUT2D eigenvalue weighted by Gasteiger charge is -2.72. The fourth-order valence-corrected chi connectivity index (χ4v) is 23.8. The molecule has 1 saturated heterocycles. The van der Waals surface area contributed by atoms with E-state index in [0.717, 1.165) is 89.4 Å². The lowest BCUT2D eigenvalue weighted by Crippen LogP contribution is -2.66. The number of aliphatic hydroxyl groups is 1. The van der Waals surface area contributed by atoms with Crippen molar-refractivity contribution in [2.24, 2.45) is 113 Å². The number of aliphatic carboxylic acids is 2. The van der Waals surface area contributed by atoms with Gasteiger partial charge in [0.25, 0.3) is 0 Å². The van der Waals surface area contributed by atoms with Crippen molar-refractivity contribution in [1.29, 1.82) is 0 Å². The van der Waals surface area contributed by atoms with Crippen LogP contribution in [0.5, 0.6) is 0 Å². The van der Waals surface area contributed by atoms with Gasteiger partial charge in [0.1, 0.15) is 11.6 Å². The van der Waals surface area contributed by atoms with E-state index in [0.29, 0.717) is 78.7 Å². The highest BCUT2D eigenvalue weighted by molar-refractivity contribution is 5.87. The molecular weight excluding hydrogens is 925 g/mol. The SMILES string of the molecule is C=C(C(=O)O)[C@@H]1CC[C@]2(C(=O)O)CC[C@]3(C)[C@H](CC[C@@H]4[C@@]5(C)CCC(=O)C(C)(C)[C@@H]5CC[C@]43C)[C@@H]12.C=C(CO)[C@@H]1CC[C@]2(COC3CCCCO3)CC[C@]3(C)[C@H](CC[C@@H]4[C@@]5(C)CCC(=O)C(C)(C)[C@@H]5CC[C@]43C)[C@@H]12. The second-order valence-corrected chi connectivity index (χ2v) is 30.5. The minimum Gasteiger partial charge on any atom is -0.481 e. The van der Waals surface area contributed by atoms with Crippen LogP contribution in [-0.4, -0.2) is 64.9 Å². The number of carboxylic acids is 2. The molecule has 414 valence electrons. The normalized spacial score (nSPS) is 50.6. The van der Waals surface area contributed by atoms with Crippen LogP contribution in [0, 0.1) is 113 Å². The molecule has 10 aliphatic carbocycles. The zero-order valence-electron chi connectivity index (χ0n) is 47.9. The number of carboxylic acid groups (broad SMARTS) is 2. The zero-order valence-corrected chi connectivity index (χ0v) is 47.9. The molecule has 74 heavy (non-hydrogen) atoms. The molecular formula is C65H100O9. The van der Waals surface area contributed by atoms with Crippen LogP contribution in [0.15, 0.2) is 24.3 Å². The summed E-state index contributed by atoms with van der Waals surface area (Å²) in [5.41, 5.74) is 1.06. The summed E-state index contributed by atoms with van der Waals surface area (Å²) in [4.78, 5) is 50.7. The third-order valence-corrected chi connectivity index (χ3v) is 28.1. The summed E-state index contributed by atoms with van der Waals surface area (Å²) in [6, 6.07) is 0. The lowest BCUT2D eigenvalue weighted by molar-refractivity contribution is -0.245. The smallest absolute Gasteiger partial charge is 0.331 e. The standard InChI is InChI=1S/C35H56O4.C30H44O5/c1-23(21-36)24-12-17-35(22-39-29-9-7-8-20-38-29)19-18-33(5)25(30(24)35)10-11-27-32(4)15-14-28(37)31(2,3)26(32)13-16-34(27,33)6;1-17(24(32)33)18-9-14-30(25(34)35)16-15-28(5)19(23(18)30)7-8-21-27(4)12-11-22(31)26(2,3)20(27)10-13-29(21,28)6/h24-27,29-30,36H,1,7-22H2,2-6H3;18-21,23H,1,7-16H2,2-6H3,(H,32,33)(H,34,35)/t24-,25+,26-,27+,29?,30+,32-,33+,34+,35+;18-,19+,20-,21+,23+,27-,28+,29+,30-/m00/s1. The molecule has 11 rings (SSSR count). The first-order chi connectivity index (χ1) is 34.6. The third-order valence-electron chi connectivity index (χ3n) is 28.1. The van der Waals surface area contributed by atoms with Crippen molar-refractivity contribution in [2.45, 2.75) is 223 Å². The minimum absolute atomic E-state index is 0.0389. The number of Topliss-reactive ketones (excluding diaryl/α,β-unsaturated/α-hetero) is 2. The maximum atomic E-state index is 13.1. The largest absolute Gasteiger partial charge is 0.481 e. The number of aliphatic hydroxyl groups excluding tert-OH is 1. The molecule has 11 aliphatic rings. The van der Waals surface area contributed by atoms with Crippen molar-refractivity contribution in [3.05, 3.63) is 24.3 Å². The maximum Gasteiger partial charge on any atom is 0.331 e. The Kier molecular flexibility index (Phi) is 13.6. The van der Waals surface area contributed by atoms with Crippen molar-refractivity contribution in [1.82, 2.24) is 0 Å². The van der Waals surface area contributed by atoms with Gasteiger partial charge in [-0.3, -0.25) is 14.4 Å². The van der Waals surface area contributed by atoms with Gasteiger partial charge in [-0.2, -0.15) is 0 Å². The van der Waals surface area contributed by atoms with E-state index in [4.69, 9.17) is 9.47 Å². The van der Waals surface area contributed by atoms with Gasteiger partial charge < -0.3 is 24.8 Å². The van der Waals surface area contributed by atoms with Crippen LogP contribution in [0.4, 0.5) is 0 Å². The molecule has 0 aromatic heterocycles. The topological polar surface area (TPSA) is 147 Å². The molecule has 11 fully saturated rings. The molecule has 0 aromatic rings. The zero-order chi connectivity index (χ0) is 53.6. The Bertz CT molecular complexity index is 2290. The molecule has 1 aliphatic heterocycles. The van der Waals surface area contributed by atoms with Crippen LogP contribution in [0.2, 0.25) is 0 Å². The molecule has 0 bridgehead atoms. The predicted molar refractivity (Wildman–Crippen MR) is 289 cm³/mol.